The number of rotatable bonds is 7. The molecule has 0 aromatic heterocycles. The van der Waals surface area contributed by atoms with Crippen molar-refractivity contribution in [2.24, 2.45) is 0 Å². The molecule has 0 radical (unpaired) electrons. The summed E-state index contributed by atoms with van der Waals surface area (Å²) < 4.78 is 0. The third-order valence-corrected chi connectivity index (χ3v) is 9.14. The first-order valence-corrected chi connectivity index (χ1v) is 9.30. The van der Waals surface area contributed by atoms with E-state index in [1.165, 1.54) is 12.8 Å². The predicted octanol–water partition coefficient (Wildman–Crippen LogP) is 5.90. The van der Waals surface area contributed by atoms with Gasteiger partial charge in [0.05, 0.1) is 0 Å². The van der Waals surface area contributed by atoms with Gasteiger partial charge in [-0.1, -0.05) is 56.7 Å². The molecule has 0 aromatic rings. The standard InChI is InChI=1S/C8H18S4.CH4/c1-5-7(3)9-11-12-10-8(4)6-2;/h7-8H,5-6H2,1-4H3;1H4. The predicted molar refractivity (Wildman–Crippen MR) is 76.6 cm³/mol. The van der Waals surface area contributed by atoms with Crippen molar-refractivity contribution in [3.63, 3.8) is 0 Å². The lowest BCUT2D eigenvalue weighted by atomic mass is 10.4. The molecule has 0 saturated carbocycles. The number of hydrogen-bond donors (Lipinski definition) is 0. The summed E-state index contributed by atoms with van der Waals surface area (Å²) in [5, 5.41) is 1.58. The maximum atomic E-state index is 2.28. The van der Waals surface area contributed by atoms with Crippen molar-refractivity contribution in [3.8, 4) is 0 Å². The molecule has 0 aromatic carbocycles. The van der Waals surface area contributed by atoms with E-state index in [0.717, 1.165) is 10.5 Å². The third kappa shape index (κ3) is 11.3. The molecule has 0 aliphatic carbocycles. The Morgan fingerprint density at radius 1 is 0.846 bits per heavy atom. The first-order chi connectivity index (χ1) is 5.70. The van der Waals surface area contributed by atoms with Crippen molar-refractivity contribution < 1.29 is 0 Å². The van der Waals surface area contributed by atoms with Crippen LogP contribution in [0.3, 0.4) is 0 Å². The van der Waals surface area contributed by atoms with E-state index in [1.807, 2.05) is 41.2 Å². The second kappa shape index (κ2) is 11.5. The Kier molecular flexibility index (Phi) is 14.8. The molecule has 0 nitrogen and oxygen atoms in total. The van der Waals surface area contributed by atoms with Gasteiger partial charge in [0.2, 0.25) is 0 Å². The second-order valence-electron chi connectivity index (χ2n) is 2.77. The largest absolute Gasteiger partial charge is 0.0786 e. The molecular formula is C9H22S4. The molecule has 4 heteroatoms. The van der Waals surface area contributed by atoms with Gasteiger partial charge in [-0.05, 0) is 32.5 Å². The van der Waals surface area contributed by atoms with E-state index >= 15 is 0 Å². The van der Waals surface area contributed by atoms with Crippen LogP contribution in [-0.2, 0) is 0 Å². The Bertz CT molecular complexity index is 85.6. The normalized spacial score (nSPS) is 14.8. The zero-order chi connectivity index (χ0) is 9.40. The van der Waals surface area contributed by atoms with Crippen LogP contribution in [0.5, 0.6) is 0 Å². The molecule has 0 rings (SSSR count). The van der Waals surface area contributed by atoms with Crippen molar-refractivity contribution >= 4 is 41.2 Å². The zero-order valence-corrected chi connectivity index (χ0v) is 11.5. The van der Waals surface area contributed by atoms with Crippen LogP contribution >= 0.6 is 41.2 Å². The van der Waals surface area contributed by atoms with Gasteiger partial charge in [-0.25, -0.2) is 0 Å². The molecular weight excluding hydrogens is 236 g/mol. The molecule has 0 aliphatic rings. The first-order valence-electron chi connectivity index (χ1n) is 4.36. The summed E-state index contributed by atoms with van der Waals surface area (Å²) in [7, 11) is 7.83. The lowest BCUT2D eigenvalue weighted by Gasteiger charge is -2.08. The fraction of sp³-hybridized carbons (Fsp3) is 1.00. The molecule has 0 aliphatic heterocycles. The van der Waals surface area contributed by atoms with E-state index in [-0.39, 0.29) is 7.43 Å². The average Bonchev–Trinajstić information content (AvgIpc) is 2.11. The Morgan fingerprint density at radius 3 is 1.38 bits per heavy atom. The SMILES string of the molecule is C.CCC(C)SSSSC(C)CC. The van der Waals surface area contributed by atoms with E-state index in [9.17, 15) is 0 Å². The van der Waals surface area contributed by atoms with E-state index in [1.54, 1.807) is 0 Å². The minimum atomic E-state index is 0. The summed E-state index contributed by atoms with van der Waals surface area (Å²) in [5.74, 6) is 0. The molecule has 0 amide bonds. The van der Waals surface area contributed by atoms with Crippen LogP contribution in [0.4, 0.5) is 0 Å². The molecule has 2 unspecified atom stereocenters. The van der Waals surface area contributed by atoms with Crippen LogP contribution in [0.1, 0.15) is 48.0 Å². The van der Waals surface area contributed by atoms with Crippen LogP contribution in [0, 0.1) is 0 Å². The van der Waals surface area contributed by atoms with Crippen molar-refractivity contribution in [2.45, 2.75) is 58.5 Å². The van der Waals surface area contributed by atoms with Crippen molar-refractivity contribution in [1.82, 2.24) is 0 Å². The van der Waals surface area contributed by atoms with Crippen LogP contribution < -0.4 is 0 Å². The lowest BCUT2D eigenvalue weighted by molar-refractivity contribution is 0.912. The average molecular weight is 259 g/mol. The lowest BCUT2D eigenvalue weighted by Crippen LogP contribution is -1.88. The Morgan fingerprint density at radius 2 is 1.15 bits per heavy atom. The second-order valence-corrected chi connectivity index (χ2v) is 9.45. The van der Waals surface area contributed by atoms with Gasteiger partial charge in [0, 0.05) is 10.5 Å². The van der Waals surface area contributed by atoms with Gasteiger partial charge in [0.15, 0.2) is 0 Å². The van der Waals surface area contributed by atoms with Crippen molar-refractivity contribution in [3.05, 3.63) is 0 Å². The van der Waals surface area contributed by atoms with Crippen molar-refractivity contribution in [2.75, 3.05) is 0 Å². The van der Waals surface area contributed by atoms with E-state index in [2.05, 4.69) is 27.7 Å². The summed E-state index contributed by atoms with van der Waals surface area (Å²) in [5.41, 5.74) is 0. The highest BCUT2D eigenvalue weighted by atomic mass is 33.7. The summed E-state index contributed by atoms with van der Waals surface area (Å²) in [6, 6.07) is 0. The smallest absolute Gasteiger partial charge is 0.0129 e. The minimum absolute atomic E-state index is 0. The molecule has 0 N–H and O–H groups in total. The fourth-order valence-electron chi connectivity index (χ4n) is 0.302. The molecule has 0 saturated heterocycles. The molecule has 82 valence electrons. The Balaban J connectivity index is 0. The fourth-order valence-corrected chi connectivity index (χ4v) is 7.44. The van der Waals surface area contributed by atoms with Crippen LogP contribution in [0.2, 0.25) is 0 Å². The minimum Gasteiger partial charge on any atom is -0.0786 e. The summed E-state index contributed by atoms with van der Waals surface area (Å²) in [6.45, 7) is 9.05. The monoisotopic (exact) mass is 258 g/mol. The highest BCUT2D eigenvalue weighted by Crippen LogP contribution is 2.47. The van der Waals surface area contributed by atoms with E-state index in [0.29, 0.717) is 0 Å². The topological polar surface area (TPSA) is 0 Å². The quantitative estimate of drug-likeness (QED) is 0.412. The van der Waals surface area contributed by atoms with Crippen LogP contribution in [-0.4, -0.2) is 10.5 Å². The van der Waals surface area contributed by atoms with Gasteiger partial charge in [-0.3, -0.25) is 0 Å². The Hall–Kier alpha value is 1.40. The van der Waals surface area contributed by atoms with Gasteiger partial charge in [-0.15, -0.1) is 0 Å². The van der Waals surface area contributed by atoms with Crippen molar-refractivity contribution in [1.29, 1.82) is 0 Å². The first kappa shape index (κ1) is 16.8. The maximum Gasteiger partial charge on any atom is 0.0129 e. The molecule has 0 heterocycles. The maximum absolute atomic E-state index is 2.28. The van der Waals surface area contributed by atoms with Gasteiger partial charge in [0.25, 0.3) is 0 Å². The van der Waals surface area contributed by atoms with Gasteiger partial charge in [-0.2, -0.15) is 0 Å². The molecule has 0 spiro atoms. The van der Waals surface area contributed by atoms with Crippen LogP contribution in [0.15, 0.2) is 0 Å². The van der Waals surface area contributed by atoms with Gasteiger partial charge in [0.1, 0.15) is 0 Å². The molecule has 2 atom stereocenters. The molecule has 0 bridgehead atoms. The molecule has 13 heavy (non-hydrogen) atoms. The summed E-state index contributed by atoms with van der Waals surface area (Å²) >= 11 is 0. The Labute approximate surface area is 99.4 Å². The zero-order valence-electron chi connectivity index (χ0n) is 8.20. The van der Waals surface area contributed by atoms with E-state index < -0.39 is 0 Å². The highest BCUT2D eigenvalue weighted by molar-refractivity contribution is 9.26. The summed E-state index contributed by atoms with van der Waals surface area (Å²) in [6.07, 6.45) is 2.54. The molecule has 0 fully saturated rings. The third-order valence-electron chi connectivity index (χ3n) is 1.58. The van der Waals surface area contributed by atoms with Gasteiger partial charge >= 0.3 is 0 Å². The number of hydrogen-bond acceptors (Lipinski definition) is 4. The van der Waals surface area contributed by atoms with E-state index in [4.69, 9.17) is 0 Å². The van der Waals surface area contributed by atoms with Gasteiger partial charge < -0.3 is 0 Å². The highest BCUT2D eigenvalue weighted by Gasteiger charge is 2.02. The van der Waals surface area contributed by atoms with Crippen LogP contribution in [0.25, 0.3) is 0 Å². The summed E-state index contributed by atoms with van der Waals surface area (Å²) in [4.78, 5) is 0.